The summed E-state index contributed by atoms with van der Waals surface area (Å²) in [4.78, 5) is 16.6. The van der Waals surface area contributed by atoms with Gasteiger partial charge in [0, 0.05) is 10.6 Å². The molecule has 0 unspecified atom stereocenters. The van der Waals surface area contributed by atoms with Gasteiger partial charge in [-0.1, -0.05) is 41.9 Å². The zero-order valence-electron chi connectivity index (χ0n) is 15.3. The standard InChI is InChI=1S/C22H17ClN4O2/c23-18-10-11-21(29-19-4-2-1-3-5-19)20(12-18)26-22(28)17-8-6-16(7-9-17)13-27-15-24-14-25-27/h1-12,14-15H,13H2,(H,26,28). The summed E-state index contributed by atoms with van der Waals surface area (Å²) in [5.74, 6) is 0.928. The van der Waals surface area contributed by atoms with Gasteiger partial charge in [-0.15, -0.1) is 0 Å². The highest BCUT2D eigenvalue weighted by molar-refractivity contribution is 6.31. The molecular weight excluding hydrogens is 388 g/mol. The lowest BCUT2D eigenvalue weighted by Crippen LogP contribution is -2.12. The molecule has 7 heteroatoms. The molecule has 4 aromatic rings. The number of hydrogen-bond donors (Lipinski definition) is 1. The molecule has 144 valence electrons. The van der Waals surface area contributed by atoms with E-state index in [2.05, 4.69) is 15.4 Å². The minimum Gasteiger partial charge on any atom is -0.455 e. The summed E-state index contributed by atoms with van der Waals surface area (Å²) >= 11 is 6.12. The SMILES string of the molecule is O=C(Nc1cc(Cl)ccc1Oc1ccccc1)c1ccc(Cn2cncn2)cc1. The van der Waals surface area contributed by atoms with Crippen LogP contribution in [0, 0.1) is 0 Å². The third kappa shape index (κ3) is 4.80. The third-order valence-electron chi connectivity index (χ3n) is 4.19. The summed E-state index contributed by atoms with van der Waals surface area (Å²) < 4.78 is 7.61. The van der Waals surface area contributed by atoms with Crippen molar-refractivity contribution in [1.29, 1.82) is 0 Å². The monoisotopic (exact) mass is 404 g/mol. The third-order valence-corrected chi connectivity index (χ3v) is 4.42. The number of anilines is 1. The van der Waals surface area contributed by atoms with E-state index in [0.717, 1.165) is 5.56 Å². The molecule has 29 heavy (non-hydrogen) atoms. The second-order valence-electron chi connectivity index (χ2n) is 6.30. The first-order valence-corrected chi connectivity index (χ1v) is 9.30. The van der Waals surface area contributed by atoms with Gasteiger partial charge in [-0.2, -0.15) is 5.10 Å². The molecule has 1 aromatic heterocycles. The smallest absolute Gasteiger partial charge is 0.255 e. The number of aromatic nitrogens is 3. The van der Waals surface area contributed by atoms with Gasteiger partial charge in [0.05, 0.1) is 12.2 Å². The molecule has 4 rings (SSSR count). The lowest BCUT2D eigenvalue weighted by atomic mass is 10.1. The fraction of sp³-hybridized carbons (Fsp3) is 0.0455. The van der Waals surface area contributed by atoms with Crippen LogP contribution in [0.25, 0.3) is 0 Å². The minimum atomic E-state index is -0.252. The highest BCUT2D eigenvalue weighted by atomic mass is 35.5. The number of rotatable bonds is 6. The Morgan fingerprint density at radius 2 is 1.83 bits per heavy atom. The van der Waals surface area contributed by atoms with Crippen LogP contribution in [0.1, 0.15) is 15.9 Å². The lowest BCUT2D eigenvalue weighted by molar-refractivity contribution is 0.102. The molecule has 1 N–H and O–H groups in total. The van der Waals surface area contributed by atoms with E-state index >= 15 is 0 Å². The van der Waals surface area contributed by atoms with Crippen molar-refractivity contribution in [2.45, 2.75) is 6.54 Å². The zero-order valence-corrected chi connectivity index (χ0v) is 16.1. The van der Waals surface area contributed by atoms with Crippen molar-refractivity contribution in [2.24, 2.45) is 0 Å². The van der Waals surface area contributed by atoms with Gasteiger partial charge in [0.15, 0.2) is 5.75 Å². The van der Waals surface area contributed by atoms with Crippen molar-refractivity contribution in [3.8, 4) is 11.5 Å². The molecule has 0 saturated carbocycles. The number of carbonyl (C=O) groups excluding carboxylic acids is 1. The molecule has 0 aliphatic carbocycles. The van der Waals surface area contributed by atoms with Crippen LogP contribution >= 0.6 is 11.6 Å². The Morgan fingerprint density at radius 3 is 2.55 bits per heavy atom. The molecule has 1 heterocycles. The molecule has 0 aliphatic rings. The van der Waals surface area contributed by atoms with Crippen molar-refractivity contribution in [3.05, 3.63) is 102 Å². The quantitative estimate of drug-likeness (QED) is 0.489. The second-order valence-corrected chi connectivity index (χ2v) is 6.74. The van der Waals surface area contributed by atoms with Crippen LogP contribution in [0.5, 0.6) is 11.5 Å². The molecule has 0 radical (unpaired) electrons. The van der Waals surface area contributed by atoms with Crippen LogP contribution in [0.4, 0.5) is 5.69 Å². The number of halogens is 1. The molecule has 0 spiro atoms. The van der Waals surface area contributed by atoms with Crippen LogP contribution in [0.15, 0.2) is 85.5 Å². The molecule has 0 aliphatic heterocycles. The van der Waals surface area contributed by atoms with Gasteiger partial charge in [0.25, 0.3) is 5.91 Å². The van der Waals surface area contributed by atoms with Gasteiger partial charge in [-0.3, -0.25) is 4.79 Å². The Labute approximate surface area is 172 Å². The topological polar surface area (TPSA) is 69.0 Å². The minimum absolute atomic E-state index is 0.252. The fourth-order valence-electron chi connectivity index (χ4n) is 2.76. The van der Waals surface area contributed by atoms with Crippen LogP contribution in [0.2, 0.25) is 5.02 Å². The number of nitrogens with one attached hydrogen (secondary N) is 1. The predicted molar refractivity (Wildman–Crippen MR) is 111 cm³/mol. The number of benzene rings is 3. The molecule has 0 saturated heterocycles. The van der Waals surface area contributed by atoms with Crippen molar-refractivity contribution in [3.63, 3.8) is 0 Å². The maximum Gasteiger partial charge on any atom is 0.255 e. The first kappa shape index (κ1) is 18.7. The van der Waals surface area contributed by atoms with E-state index < -0.39 is 0 Å². The van der Waals surface area contributed by atoms with E-state index in [0.29, 0.717) is 34.3 Å². The molecule has 0 fully saturated rings. The number of amides is 1. The maximum absolute atomic E-state index is 12.7. The maximum atomic E-state index is 12.7. The van der Waals surface area contributed by atoms with Gasteiger partial charge in [0.1, 0.15) is 18.4 Å². The summed E-state index contributed by atoms with van der Waals surface area (Å²) in [6, 6.07) is 21.8. The summed E-state index contributed by atoms with van der Waals surface area (Å²) in [7, 11) is 0. The second kappa shape index (κ2) is 8.58. The first-order valence-electron chi connectivity index (χ1n) is 8.92. The Morgan fingerprint density at radius 1 is 1.03 bits per heavy atom. The van der Waals surface area contributed by atoms with Crippen molar-refractivity contribution >= 4 is 23.2 Å². The molecule has 3 aromatic carbocycles. The van der Waals surface area contributed by atoms with Crippen LogP contribution in [0.3, 0.4) is 0 Å². The van der Waals surface area contributed by atoms with Crippen LogP contribution in [-0.4, -0.2) is 20.7 Å². The van der Waals surface area contributed by atoms with Gasteiger partial charge in [-0.05, 0) is 48.0 Å². The van der Waals surface area contributed by atoms with Crippen molar-refractivity contribution < 1.29 is 9.53 Å². The summed E-state index contributed by atoms with van der Waals surface area (Å²) in [6.45, 7) is 0.589. The van der Waals surface area contributed by atoms with E-state index in [1.54, 1.807) is 41.3 Å². The van der Waals surface area contributed by atoms with E-state index in [1.807, 2.05) is 42.5 Å². The molecule has 0 bridgehead atoms. The average molecular weight is 405 g/mol. The van der Waals surface area contributed by atoms with E-state index in [4.69, 9.17) is 16.3 Å². The Kier molecular flexibility index (Phi) is 5.54. The lowest BCUT2D eigenvalue weighted by Gasteiger charge is -2.13. The number of nitrogens with zero attached hydrogens (tertiary/aromatic N) is 3. The Hall–Kier alpha value is -3.64. The number of ether oxygens (including phenoxy) is 1. The van der Waals surface area contributed by atoms with Gasteiger partial charge in [-0.25, -0.2) is 9.67 Å². The first-order chi connectivity index (χ1) is 14.2. The Balaban J connectivity index is 1.49. The number of para-hydroxylation sites is 1. The number of hydrogen-bond acceptors (Lipinski definition) is 4. The van der Waals surface area contributed by atoms with Crippen molar-refractivity contribution in [1.82, 2.24) is 14.8 Å². The predicted octanol–water partition coefficient (Wildman–Crippen LogP) is 5.02. The molecule has 1 amide bonds. The van der Waals surface area contributed by atoms with Crippen LogP contribution in [-0.2, 0) is 6.54 Å². The van der Waals surface area contributed by atoms with E-state index in [-0.39, 0.29) is 5.91 Å². The zero-order chi connectivity index (χ0) is 20.1. The largest absolute Gasteiger partial charge is 0.455 e. The summed E-state index contributed by atoms with van der Waals surface area (Å²) in [5, 5.41) is 7.46. The Bertz CT molecular complexity index is 1100. The highest BCUT2D eigenvalue weighted by Gasteiger charge is 2.12. The molecule has 0 atom stereocenters. The summed E-state index contributed by atoms with van der Waals surface area (Å²) in [5.41, 5.74) is 2.04. The van der Waals surface area contributed by atoms with Crippen molar-refractivity contribution in [2.75, 3.05) is 5.32 Å². The average Bonchev–Trinajstić information content (AvgIpc) is 3.24. The molecule has 6 nitrogen and oxygen atoms in total. The van der Waals surface area contributed by atoms with Crippen LogP contribution < -0.4 is 10.1 Å². The summed E-state index contributed by atoms with van der Waals surface area (Å²) in [6.07, 6.45) is 3.13. The van der Waals surface area contributed by atoms with E-state index in [1.165, 1.54) is 6.33 Å². The highest BCUT2D eigenvalue weighted by Crippen LogP contribution is 2.32. The van der Waals surface area contributed by atoms with Gasteiger partial charge >= 0.3 is 0 Å². The van der Waals surface area contributed by atoms with Gasteiger partial charge in [0.2, 0.25) is 0 Å². The fourth-order valence-corrected chi connectivity index (χ4v) is 2.93. The van der Waals surface area contributed by atoms with E-state index in [9.17, 15) is 4.79 Å². The van der Waals surface area contributed by atoms with Gasteiger partial charge < -0.3 is 10.1 Å². The molecular formula is C22H17ClN4O2. The number of carbonyl (C=O) groups is 1. The normalized spacial score (nSPS) is 10.5.